The molecule has 152 valence electrons. The molecule has 1 aromatic heterocycles. The molecule has 0 aliphatic carbocycles. The van der Waals surface area contributed by atoms with Crippen LogP contribution in [0.15, 0.2) is 30.6 Å². The summed E-state index contributed by atoms with van der Waals surface area (Å²) in [5.74, 6) is 1.80. The summed E-state index contributed by atoms with van der Waals surface area (Å²) in [5, 5.41) is 0. The zero-order valence-corrected chi connectivity index (χ0v) is 17.6. The summed E-state index contributed by atoms with van der Waals surface area (Å²) in [6.45, 7) is 10.4. The van der Waals surface area contributed by atoms with Crippen molar-refractivity contribution in [2.45, 2.75) is 27.7 Å². The van der Waals surface area contributed by atoms with Crippen LogP contribution in [0.5, 0.6) is 0 Å². The first kappa shape index (κ1) is 21.5. The van der Waals surface area contributed by atoms with Gasteiger partial charge in [0.25, 0.3) is 0 Å². The van der Waals surface area contributed by atoms with E-state index in [1.165, 1.54) is 13.4 Å². The monoisotopic (exact) mass is 385 g/mol. The van der Waals surface area contributed by atoms with E-state index in [1.54, 1.807) is 17.0 Å². The Hall–Kier alpha value is -2.83. The molecule has 0 unspecified atom stereocenters. The van der Waals surface area contributed by atoms with Crippen molar-refractivity contribution < 1.29 is 9.53 Å². The summed E-state index contributed by atoms with van der Waals surface area (Å²) < 4.78 is 4.90. The van der Waals surface area contributed by atoms with Gasteiger partial charge in [-0.15, -0.1) is 0 Å². The fourth-order valence-electron chi connectivity index (χ4n) is 3.19. The molecule has 0 bridgehead atoms. The van der Waals surface area contributed by atoms with Gasteiger partial charge in [0.15, 0.2) is 11.6 Å². The highest BCUT2D eigenvalue weighted by atomic mass is 16.5. The van der Waals surface area contributed by atoms with Gasteiger partial charge < -0.3 is 20.3 Å². The van der Waals surface area contributed by atoms with E-state index in [-0.39, 0.29) is 0 Å². The average molecular weight is 386 g/mol. The largest absolute Gasteiger partial charge is 0.465 e. The van der Waals surface area contributed by atoms with Crippen LogP contribution in [0.3, 0.4) is 0 Å². The van der Waals surface area contributed by atoms with E-state index >= 15 is 0 Å². The van der Waals surface area contributed by atoms with E-state index in [2.05, 4.69) is 42.6 Å². The molecule has 0 radical (unpaired) electrons. The van der Waals surface area contributed by atoms with Crippen molar-refractivity contribution in [2.75, 3.05) is 42.8 Å². The first-order chi connectivity index (χ1) is 13.3. The molecule has 0 amide bonds. The van der Waals surface area contributed by atoms with Gasteiger partial charge in [0, 0.05) is 20.1 Å². The highest BCUT2D eigenvalue weighted by molar-refractivity contribution is 5.97. The van der Waals surface area contributed by atoms with Crippen LogP contribution >= 0.6 is 0 Å². The Morgan fingerprint density at radius 1 is 1.07 bits per heavy atom. The highest BCUT2D eigenvalue weighted by Gasteiger charge is 2.22. The van der Waals surface area contributed by atoms with Crippen LogP contribution in [-0.4, -0.2) is 43.2 Å². The quantitative estimate of drug-likeness (QED) is 0.693. The number of methoxy groups -OCH3 is 1. The number of ether oxygens (including phenoxy) is 1. The maximum absolute atomic E-state index is 12.2. The van der Waals surface area contributed by atoms with Gasteiger partial charge in [-0.3, -0.25) is 0 Å². The molecule has 7 nitrogen and oxygen atoms in total. The number of aromatic nitrogens is 2. The van der Waals surface area contributed by atoms with Crippen molar-refractivity contribution in [3.05, 3.63) is 36.2 Å². The second-order valence-electron chi connectivity index (χ2n) is 7.69. The van der Waals surface area contributed by atoms with E-state index < -0.39 is 5.97 Å². The molecule has 0 saturated heterocycles. The molecular weight excluding hydrogens is 354 g/mol. The van der Waals surface area contributed by atoms with Gasteiger partial charge in [-0.2, -0.15) is 0 Å². The summed E-state index contributed by atoms with van der Waals surface area (Å²) >= 11 is 0. The number of nitrogen functional groups attached to an aromatic ring is 1. The molecule has 2 aromatic rings. The summed E-state index contributed by atoms with van der Waals surface area (Å²) in [6.07, 6.45) is 1.52. The minimum atomic E-state index is -0.406. The van der Waals surface area contributed by atoms with E-state index in [9.17, 15) is 4.79 Å². The number of carbonyl (C=O) groups is 1. The molecular formula is C21H31N5O2. The highest BCUT2D eigenvalue weighted by Crippen LogP contribution is 2.34. The third-order valence-electron chi connectivity index (χ3n) is 4.30. The zero-order chi connectivity index (χ0) is 20.8. The van der Waals surface area contributed by atoms with Gasteiger partial charge in [-0.05, 0) is 24.0 Å². The van der Waals surface area contributed by atoms with Gasteiger partial charge in [0.1, 0.15) is 12.0 Å². The Morgan fingerprint density at radius 2 is 1.64 bits per heavy atom. The number of rotatable bonds is 8. The van der Waals surface area contributed by atoms with Crippen LogP contribution in [0.25, 0.3) is 0 Å². The lowest BCUT2D eigenvalue weighted by Crippen LogP contribution is -2.33. The first-order valence-corrected chi connectivity index (χ1v) is 9.52. The van der Waals surface area contributed by atoms with E-state index in [0.29, 0.717) is 34.6 Å². The van der Waals surface area contributed by atoms with E-state index in [0.717, 1.165) is 18.9 Å². The molecule has 0 aliphatic heterocycles. The average Bonchev–Trinajstić information content (AvgIpc) is 2.65. The molecule has 2 N–H and O–H groups in total. The summed E-state index contributed by atoms with van der Waals surface area (Å²) in [7, 11) is 3.20. The topological polar surface area (TPSA) is 84.6 Å². The smallest absolute Gasteiger partial charge is 0.339 e. The van der Waals surface area contributed by atoms with Gasteiger partial charge in [-0.25, -0.2) is 14.8 Å². The summed E-state index contributed by atoms with van der Waals surface area (Å²) in [6, 6.07) is 7.22. The van der Waals surface area contributed by atoms with Crippen LogP contribution in [0.1, 0.15) is 38.1 Å². The molecule has 1 heterocycles. The van der Waals surface area contributed by atoms with Crippen molar-refractivity contribution in [3.63, 3.8) is 0 Å². The molecule has 1 aromatic carbocycles. The molecule has 0 fully saturated rings. The maximum atomic E-state index is 12.2. The Morgan fingerprint density at radius 3 is 2.21 bits per heavy atom. The standard InChI is InChI=1S/C21H31N5O2/c1-14(2)11-26(12-15(3)4)20-18(22)19(23-13-24-20)25(5)17-10-8-7-9-16(17)21(27)28-6/h7-10,13-15H,11-12,22H2,1-6H3. The predicted octanol–water partition coefficient (Wildman–Crippen LogP) is 3.73. The number of esters is 1. The van der Waals surface area contributed by atoms with Gasteiger partial charge >= 0.3 is 5.97 Å². The first-order valence-electron chi connectivity index (χ1n) is 9.52. The molecule has 28 heavy (non-hydrogen) atoms. The van der Waals surface area contributed by atoms with Crippen LogP contribution in [0, 0.1) is 11.8 Å². The number of carbonyl (C=O) groups excluding carboxylic acids is 1. The van der Waals surface area contributed by atoms with Crippen LogP contribution in [0.2, 0.25) is 0 Å². The summed E-state index contributed by atoms with van der Waals surface area (Å²) in [5.41, 5.74) is 8.12. The number of hydrogen-bond acceptors (Lipinski definition) is 7. The number of hydrogen-bond donors (Lipinski definition) is 1. The molecule has 7 heteroatoms. The molecule has 0 aliphatic rings. The number of benzene rings is 1. The third kappa shape index (κ3) is 4.91. The number of nitrogens with two attached hydrogens (primary N) is 1. The van der Waals surface area contributed by atoms with Gasteiger partial charge in [0.2, 0.25) is 0 Å². The minimum absolute atomic E-state index is 0.406. The summed E-state index contributed by atoms with van der Waals surface area (Å²) in [4.78, 5) is 25.0. The lowest BCUT2D eigenvalue weighted by atomic mass is 10.1. The lowest BCUT2D eigenvalue weighted by Gasteiger charge is -2.30. The van der Waals surface area contributed by atoms with Crippen LogP contribution in [-0.2, 0) is 4.74 Å². The second kappa shape index (κ2) is 9.39. The van der Waals surface area contributed by atoms with Crippen molar-refractivity contribution in [3.8, 4) is 0 Å². The van der Waals surface area contributed by atoms with E-state index in [4.69, 9.17) is 10.5 Å². The fourth-order valence-corrected chi connectivity index (χ4v) is 3.19. The zero-order valence-electron chi connectivity index (χ0n) is 17.6. The third-order valence-corrected chi connectivity index (χ3v) is 4.30. The number of para-hydroxylation sites is 1. The number of nitrogens with zero attached hydrogens (tertiary/aromatic N) is 4. The van der Waals surface area contributed by atoms with Gasteiger partial charge in [-0.1, -0.05) is 39.8 Å². The normalized spacial score (nSPS) is 11.0. The minimum Gasteiger partial charge on any atom is -0.465 e. The second-order valence-corrected chi connectivity index (χ2v) is 7.69. The van der Waals surface area contributed by atoms with Crippen LogP contribution < -0.4 is 15.5 Å². The molecule has 0 spiro atoms. The van der Waals surface area contributed by atoms with Crippen molar-refractivity contribution in [2.24, 2.45) is 11.8 Å². The Labute approximate surface area is 167 Å². The Bertz CT molecular complexity index is 797. The molecule has 2 rings (SSSR count). The molecule has 0 atom stereocenters. The lowest BCUT2D eigenvalue weighted by molar-refractivity contribution is 0.0601. The van der Waals surface area contributed by atoms with Crippen molar-refractivity contribution >= 4 is 29.0 Å². The maximum Gasteiger partial charge on any atom is 0.339 e. The van der Waals surface area contributed by atoms with E-state index in [1.807, 2.05) is 19.2 Å². The fraction of sp³-hybridized carbons (Fsp3) is 0.476. The molecule has 0 saturated carbocycles. The van der Waals surface area contributed by atoms with Crippen LogP contribution in [0.4, 0.5) is 23.0 Å². The van der Waals surface area contributed by atoms with Crippen molar-refractivity contribution in [1.82, 2.24) is 9.97 Å². The Kier molecular flexibility index (Phi) is 7.20. The Balaban J connectivity index is 2.48. The SMILES string of the molecule is COC(=O)c1ccccc1N(C)c1ncnc(N(CC(C)C)CC(C)C)c1N. The predicted molar refractivity (Wildman–Crippen MR) is 114 cm³/mol. The van der Waals surface area contributed by atoms with Gasteiger partial charge in [0.05, 0.1) is 18.4 Å². The number of anilines is 4. The van der Waals surface area contributed by atoms with Crippen molar-refractivity contribution in [1.29, 1.82) is 0 Å².